The number of nitrogens with one attached hydrogen (secondary N) is 1. The zero-order valence-corrected chi connectivity index (χ0v) is 9.01. The summed E-state index contributed by atoms with van der Waals surface area (Å²) >= 11 is 0. The molecule has 2 atom stereocenters. The molecule has 2 nitrogen and oxygen atoms in total. The van der Waals surface area contributed by atoms with Crippen LogP contribution in [0.5, 0.6) is 0 Å². The molecule has 0 aromatic carbocycles. The Morgan fingerprint density at radius 3 is 2.69 bits per heavy atom. The topological polar surface area (TPSA) is 21.3 Å². The molecule has 0 spiro atoms. The number of hydrogen-bond donors (Lipinski definition) is 1. The van der Waals surface area contributed by atoms with E-state index >= 15 is 0 Å². The van der Waals surface area contributed by atoms with Crippen LogP contribution in [-0.2, 0) is 4.74 Å². The first-order chi connectivity index (χ1) is 6.38. The van der Waals surface area contributed by atoms with Crippen LogP contribution in [-0.4, -0.2) is 26.8 Å². The first kappa shape index (κ1) is 11.0. The molecule has 0 bridgehead atoms. The smallest absolute Gasteiger partial charge is 0.0465 e. The van der Waals surface area contributed by atoms with E-state index in [0.29, 0.717) is 0 Å². The van der Waals surface area contributed by atoms with Gasteiger partial charge in [0.1, 0.15) is 0 Å². The van der Waals surface area contributed by atoms with Crippen molar-refractivity contribution >= 4 is 0 Å². The third-order valence-electron chi connectivity index (χ3n) is 3.22. The lowest BCUT2D eigenvalue weighted by molar-refractivity contribution is 0.164. The van der Waals surface area contributed by atoms with Crippen LogP contribution >= 0.6 is 0 Å². The summed E-state index contributed by atoms with van der Waals surface area (Å²) in [5, 5.41) is 3.45. The van der Waals surface area contributed by atoms with Gasteiger partial charge in [0, 0.05) is 19.8 Å². The Hall–Kier alpha value is -0.0800. The molecule has 0 amide bonds. The van der Waals surface area contributed by atoms with Crippen molar-refractivity contribution in [3.05, 3.63) is 0 Å². The standard InChI is InChI=1S/C11H23NO/c1-12-11-7-5-3-4-6-10(11)8-9-13-2/h10-12H,3-9H2,1-2H3. The lowest BCUT2D eigenvalue weighted by Gasteiger charge is -2.24. The summed E-state index contributed by atoms with van der Waals surface area (Å²) in [5.74, 6) is 0.840. The molecule has 0 aromatic heterocycles. The monoisotopic (exact) mass is 185 g/mol. The Bertz CT molecular complexity index is 127. The van der Waals surface area contributed by atoms with E-state index in [0.717, 1.165) is 18.6 Å². The average molecular weight is 185 g/mol. The average Bonchev–Trinajstić information content (AvgIpc) is 2.39. The van der Waals surface area contributed by atoms with Crippen LogP contribution < -0.4 is 5.32 Å². The molecule has 1 fully saturated rings. The first-order valence-corrected chi connectivity index (χ1v) is 5.54. The lowest BCUT2D eigenvalue weighted by atomic mass is 9.92. The maximum atomic E-state index is 5.15. The van der Waals surface area contributed by atoms with Crippen molar-refractivity contribution in [3.63, 3.8) is 0 Å². The molecule has 0 aliphatic heterocycles. The highest BCUT2D eigenvalue weighted by molar-refractivity contribution is 4.78. The molecular formula is C11H23NO. The fourth-order valence-corrected chi connectivity index (χ4v) is 2.38. The fraction of sp³-hybridized carbons (Fsp3) is 1.00. The zero-order valence-electron chi connectivity index (χ0n) is 9.01. The van der Waals surface area contributed by atoms with Gasteiger partial charge in [-0.05, 0) is 32.2 Å². The van der Waals surface area contributed by atoms with Gasteiger partial charge >= 0.3 is 0 Å². The second-order valence-corrected chi connectivity index (χ2v) is 4.07. The van der Waals surface area contributed by atoms with Gasteiger partial charge in [-0.3, -0.25) is 0 Å². The Morgan fingerprint density at radius 2 is 2.00 bits per heavy atom. The van der Waals surface area contributed by atoms with Gasteiger partial charge in [-0.2, -0.15) is 0 Å². The lowest BCUT2D eigenvalue weighted by Crippen LogP contribution is -2.33. The van der Waals surface area contributed by atoms with E-state index in [2.05, 4.69) is 12.4 Å². The minimum atomic E-state index is 0.734. The van der Waals surface area contributed by atoms with E-state index in [4.69, 9.17) is 4.74 Å². The van der Waals surface area contributed by atoms with Crippen LogP contribution in [0.3, 0.4) is 0 Å². The molecule has 78 valence electrons. The summed E-state index contributed by atoms with van der Waals surface area (Å²) in [4.78, 5) is 0. The van der Waals surface area contributed by atoms with Crippen molar-refractivity contribution in [2.75, 3.05) is 20.8 Å². The van der Waals surface area contributed by atoms with Crippen molar-refractivity contribution in [3.8, 4) is 0 Å². The molecular weight excluding hydrogens is 162 g/mol. The van der Waals surface area contributed by atoms with E-state index in [1.165, 1.54) is 38.5 Å². The van der Waals surface area contributed by atoms with Crippen molar-refractivity contribution in [2.45, 2.75) is 44.6 Å². The third kappa shape index (κ3) is 3.65. The molecule has 1 saturated carbocycles. The zero-order chi connectivity index (χ0) is 9.52. The summed E-state index contributed by atoms with van der Waals surface area (Å²) < 4.78 is 5.15. The third-order valence-corrected chi connectivity index (χ3v) is 3.22. The van der Waals surface area contributed by atoms with Crippen molar-refractivity contribution in [1.29, 1.82) is 0 Å². The van der Waals surface area contributed by atoms with Crippen molar-refractivity contribution in [2.24, 2.45) is 5.92 Å². The predicted molar refractivity (Wildman–Crippen MR) is 55.9 cm³/mol. The molecule has 0 aromatic rings. The summed E-state index contributed by atoms with van der Waals surface area (Å²) in [6.45, 7) is 0.919. The van der Waals surface area contributed by atoms with Crippen LogP contribution in [0, 0.1) is 5.92 Å². The Labute approximate surface area is 82.0 Å². The molecule has 1 rings (SSSR count). The van der Waals surface area contributed by atoms with Gasteiger partial charge in [-0.15, -0.1) is 0 Å². The summed E-state index contributed by atoms with van der Waals surface area (Å²) in [6.07, 6.45) is 8.19. The Morgan fingerprint density at radius 1 is 1.23 bits per heavy atom. The van der Waals surface area contributed by atoms with E-state index in [1.54, 1.807) is 7.11 Å². The minimum Gasteiger partial charge on any atom is -0.385 e. The summed E-state index contributed by atoms with van der Waals surface area (Å²) in [7, 11) is 3.89. The van der Waals surface area contributed by atoms with E-state index < -0.39 is 0 Å². The molecule has 2 unspecified atom stereocenters. The van der Waals surface area contributed by atoms with Gasteiger partial charge in [-0.25, -0.2) is 0 Å². The summed E-state index contributed by atoms with van der Waals surface area (Å²) in [6, 6.07) is 0.734. The van der Waals surface area contributed by atoms with Crippen molar-refractivity contribution < 1.29 is 4.74 Å². The van der Waals surface area contributed by atoms with Gasteiger partial charge in [0.2, 0.25) is 0 Å². The van der Waals surface area contributed by atoms with E-state index in [-0.39, 0.29) is 0 Å². The van der Waals surface area contributed by atoms with Gasteiger partial charge in [0.25, 0.3) is 0 Å². The van der Waals surface area contributed by atoms with Gasteiger partial charge in [0.15, 0.2) is 0 Å². The predicted octanol–water partition coefficient (Wildman–Crippen LogP) is 2.19. The van der Waals surface area contributed by atoms with E-state index in [1.807, 2.05) is 0 Å². The fourth-order valence-electron chi connectivity index (χ4n) is 2.38. The number of methoxy groups -OCH3 is 1. The molecule has 0 radical (unpaired) electrons. The number of hydrogen-bond acceptors (Lipinski definition) is 2. The molecule has 0 saturated heterocycles. The molecule has 0 heterocycles. The van der Waals surface area contributed by atoms with Crippen LogP contribution in [0.15, 0.2) is 0 Å². The van der Waals surface area contributed by atoms with E-state index in [9.17, 15) is 0 Å². The van der Waals surface area contributed by atoms with Crippen LogP contribution in [0.4, 0.5) is 0 Å². The normalized spacial score (nSPS) is 30.0. The molecule has 13 heavy (non-hydrogen) atoms. The number of rotatable bonds is 4. The molecule has 1 aliphatic carbocycles. The molecule has 1 N–H and O–H groups in total. The van der Waals surface area contributed by atoms with Gasteiger partial charge < -0.3 is 10.1 Å². The van der Waals surface area contributed by atoms with Crippen LogP contribution in [0.1, 0.15) is 38.5 Å². The van der Waals surface area contributed by atoms with Crippen molar-refractivity contribution in [1.82, 2.24) is 5.32 Å². The summed E-state index contributed by atoms with van der Waals surface area (Å²) in [5.41, 5.74) is 0. The highest BCUT2D eigenvalue weighted by Crippen LogP contribution is 2.25. The molecule has 1 aliphatic rings. The van der Waals surface area contributed by atoms with Crippen LogP contribution in [0.25, 0.3) is 0 Å². The Balaban J connectivity index is 2.34. The maximum Gasteiger partial charge on any atom is 0.0465 e. The second-order valence-electron chi connectivity index (χ2n) is 4.07. The number of ether oxygens (including phenoxy) is 1. The largest absolute Gasteiger partial charge is 0.385 e. The highest BCUT2D eigenvalue weighted by Gasteiger charge is 2.21. The molecule has 2 heteroatoms. The second kappa shape index (κ2) is 6.39. The highest BCUT2D eigenvalue weighted by atomic mass is 16.5. The SMILES string of the molecule is CNC1CCCCCC1CCOC. The quantitative estimate of drug-likeness (QED) is 0.678. The Kier molecular flexibility index (Phi) is 5.40. The minimum absolute atomic E-state index is 0.734. The van der Waals surface area contributed by atoms with Gasteiger partial charge in [-0.1, -0.05) is 19.3 Å². The first-order valence-electron chi connectivity index (χ1n) is 5.54. The van der Waals surface area contributed by atoms with Crippen LogP contribution in [0.2, 0.25) is 0 Å². The maximum absolute atomic E-state index is 5.15. The van der Waals surface area contributed by atoms with Gasteiger partial charge in [0.05, 0.1) is 0 Å².